The number of hydrogen-bond acceptors (Lipinski definition) is 3. The molecule has 3 aromatic rings. The second kappa shape index (κ2) is 10.9. The summed E-state index contributed by atoms with van der Waals surface area (Å²) in [5.74, 6) is 2.02. The SMILES string of the molecule is CCc1cccc(CC)c1-c1nc(Br)c(CN2CCCCC2c2ccc(OC)cc2)n1CC. The minimum atomic E-state index is 0.425. The molecule has 1 unspecified atom stereocenters. The molecule has 1 fully saturated rings. The van der Waals surface area contributed by atoms with Crippen LogP contribution in [0.15, 0.2) is 47.1 Å². The number of piperidine rings is 1. The summed E-state index contributed by atoms with van der Waals surface area (Å²) in [6, 6.07) is 15.7. The molecular formula is C28H36BrN3O. The van der Waals surface area contributed by atoms with Gasteiger partial charge in [0, 0.05) is 24.7 Å². The molecule has 0 spiro atoms. The van der Waals surface area contributed by atoms with Crippen molar-refractivity contribution in [3.63, 3.8) is 0 Å². The van der Waals surface area contributed by atoms with Gasteiger partial charge in [-0.1, -0.05) is 50.6 Å². The summed E-state index contributed by atoms with van der Waals surface area (Å²) >= 11 is 3.85. The number of ether oxygens (including phenoxy) is 1. The van der Waals surface area contributed by atoms with E-state index in [1.807, 2.05) is 0 Å². The van der Waals surface area contributed by atoms with Gasteiger partial charge in [0.15, 0.2) is 0 Å². The fraction of sp³-hybridized carbons (Fsp3) is 0.464. The number of nitrogens with zero attached hydrogens (tertiary/aromatic N) is 3. The highest BCUT2D eigenvalue weighted by Gasteiger charge is 2.27. The number of methoxy groups -OCH3 is 1. The maximum atomic E-state index is 5.38. The van der Waals surface area contributed by atoms with Crippen molar-refractivity contribution in [3.8, 4) is 17.1 Å². The number of likely N-dealkylation sites (tertiary alicyclic amines) is 1. The van der Waals surface area contributed by atoms with Crippen LogP contribution in [0, 0.1) is 0 Å². The van der Waals surface area contributed by atoms with Gasteiger partial charge in [0.1, 0.15) is 16.2 Å². The van der Waals surface area contributed by atoms with E-state index in [1.165, 1.54) is 47.2 Å². The van der Waals surface area contributed by atoms with E-state index in [1.54, 1.807) is 7.11 Å². The van der Waals surface area contributed by atoms with Crippen LogP contribution in [0.1, 0.15) is 68.5 Å². The predicted molar refractivity (Wildman–Crippen MR) is 140 cm³/mol. The molecule has 0 radical (unpaired) electrons. The van der Waals surface area contributed by atoms with Crippen LogP contribution in [-0.4, -0.2) is 28.1 Å². The van der Waals surface area contributed by atoms with Crippen LogP contribution in [0.4, 0.5) is 0 Å². The Morgan fingerprint density at radius 1 is 1.00 bits per heavy atom. The van der Waals surface area contributed by atoms with E-state index in [2.05, 4.69) is 88.6 Å². The van der Waals surface area contributed by atoms with Crippen LogP contribution in [0.25, 0.3) is 11.4 Å². The van der Waals surface area contributed by atoms with Gasteiger partial charge in [-0.05, 0) is 83.9 Å². The zero-order valence-corrected chi connectivity index (χ0v) is 22.0. The van der Waals surface area contributed by atoms with Crippen molar-refractivity contribution >= 4 is 15.9 Å². The molecule has 0 N–H and O–H groups in total. The number of imidazole rings is 1. The molecule has 2 aromatic carbocycles. The van der Waals surface area contributed by atoms with Gasteiger partial charge in [-0.25, -0.2) is 4.98 Å². The molecule has 33 heavy (non-hydrogen) atoms. The molecule has 5 heteroatoms. The molecule has 1 aliphatic rings. The molecule has 0 saturated carbocycles. The van der Waals surface area contributed by atoms with E-state index < -0.39 is 0 Å². The van der Waals surface area contributed by atoms with E-state index in [4.69, 9.17) is 9.72 Å². The number of hydrogen-bond donors (Lipinski definition) is 0. The number of halogens is 1. The lowest BCUT2D eigenvalue weighted by atomic mass is 9.95. The zero-order chi connectivity index (χ0) is 23.4. The normalized spacial score (nSPS) is 16.8. The first-order valence-corrected chi connectivity index (χ1v) is 13.1. The van der Waals surface area contributed by atoms with Crippen molar-refractivity contribution in [2.75, 3.05) is 13.7 Å². The molecule has 1 aromatic heterocycles. The summed E-state index contributed by atoms with van der Waals surface area (Å²) in [7, 11) is 1.73. The Labute approximate surface area is 207 Å². The summed E-state index contributed by atoms with van der Waals surface area (Å²) in [6.45, 7) is 9.62. The van der Waals surface area contributed by atoms with Gasteiger partial charge in [0.2, 0.25) is 0 Å². The minimum absolute atomic E-state index is 0.425. The van der Waals surface area contributed by atoms with Gasteiger partial charge < -0.3 is 9.30 Å². The highest BCUT2D eigenvalue weighted by molar-refractivity contribution is 9.10. The lowest BCUT2D eigenvalue weighted by Crippen LogP contribution is -2.33. The summed E-state index contributed by atoms with van der Waals surface area (Å²) in [5, 5.41) is 0. The number of aryl methyl sites for hydroxylation is 2. The summed E-state index contributed by atoms with van der Waals surface area (Å²) in [6.07, 6.45) is 5.74. The van der Waals surface area contributed by atoms with Gasteiger partial charge in [-0.3, -0.25) is 4.90 Å². The molecule has 0 aliphatic carbocycles. The predicted octanol–water partition coefficient (Wildman–Crippen LogP) is 7.19. The lowest BCUT2D eigenvalue weighted by molar-refractivity contribution is 0.137. The van der Waals surface area contributed by atoms with E-state index in [0.29, 0.717) is 6.04 Å². The Bertz CT molecular complexity index is 1050. The Balaban J connectivity index is 1.71. The van der Waals surface area contributed by atoms with E-state index in [9.17, 15) is 0 Å². The van der Waals surface area contributed by atoms with Crippen molar-refractivity contribution in [1.29, 1.82) is 0 Å². The monoisotopic (exact) mass is 509 g/mol. The summed E-state index contributed by atoms with van der Waals surface area (Å²) in [5.41, 5.74) is 6.73. The Kier molecular flexibility index (Phi) is 7.92. The van der Waals surface area contributed by atoms with Crippen molar-refractivity contribution in [2.24, 2.45) is 0 Å². The number of rotatable bonds is 8. The fourth-order valence-corrected chi connectivity index (χ4v) is 5.75. The van der Waals surface area contributed by atoms with Crippen molar-refractivity contribution in [2.45, 2.75) is 72.0 Å². The van der Waals surface area contributed by atoms with Crippen molar-refractivity contribution in [1.82, 2.24) is 14.5 Å². The molecule has 4 rings (SSSR count). The van der Waals surface area contributed by atoms with Crippen LogP contribution in [0.5, 0.6) is 5.75 Å². The quantitative estimate of drug-likeness (QED) is 0.321. The average Bonchev–Trinajstić information content (AvgIpc) is 3.18. The summed E-state index contributed by atoms with van der Waals surface area (Å²) in [4.78, 5) is 7.73. The minimum Gasteiger partial charge on any atom is -0.497 e. The first-order valence-electron chi connectivity index (χ1n) is 12.3. The number of benzene rings is 2. The molecule has 0 bridgehead atoms. The van der Waals surface area contributed by atoms with Crippen LogP contribution in [0.3, 0.4) is 0 Å². The van der Waals surface area contributed by atoms with Crippen LogP contribution < -0.4 is 4.74 Å². The van der Waals surface area contributed by atoms with Gasteiger partial charge in [0.25, 0.3) is 0 Å². The third kappa shape index (κ3) is 4.90. The topological polar surface area (TPSA) is 30.3 Å². The second-order valence-electron chi connectivity index (χ2n) is 8.83. The molecule has 0 amide bonds. The van der Waals surface area contributed by atoms with E-state index in [-0.39, 0.29) is 0 Å². The molecule has 176 valence electrons. The van der Waals surface area contributed by atoms with E-state index in [0.717, 1.165) is 48.7 Å². The fourth-order valence-electron chi connectivity index (χ4n) is 5.25. The molecule has 1 saturated heterocycles. The maximum absolute atomic E-state index is 5.38. The van der Waals surface area contributed by atoms with Gasteiger partial charge in [-0.2, -0.15) is 0 Å². The first-order chi connectivity index (χ1) is 16.1. The van der Waals surface area contributed by atoms with Gasteiger partial charge in [-0.15, -0.1) is 0 Å². The van der Waals surface area contributed by atoms with Gasteiger partial charge in [0.05, 0.1) is 12.8 Å². The standard InChI is InChI=1S/C28H36BrN3O/c1-5-20-11-10-12-21(6-2)26(20)28-30-27(29)25(32(28)7-3)19-31-18-9-8-13-24(31)22-14-16-23(33-4)17-15-22/h10-12,14-17,24H,5-9,13,18-19H2,1-4H3. The highest BCUT2D eigenvalue weighted by atomic mass is 79.9. The highest BCUT2D eigenvalue weighted by Crippen LogP contribution is 2.36. The average molecular weight is 511 g/mol. The molecule has 4 nitrogen and oxygen atoms in total. The number of aromatic nitrogens is 2. The Morgan fingerprint density at radius 3 is 2.30 bits per heavy atom. The van der Waals surface area contributed by atoms with Crippen molar-refractivity contribution in [3.05, 3.63) is 69.5 Å². The smallest absolute Gasteiger partial charge is 0.142 e. The van der Waals surface area contributed by atoms with Crippen LogP contribution in [0.2, 0.25) is 0 Å². The third-order valence-corrected chi connectivity index (χ3v) is 7.66. The maximum Gasteiger partial charge on any atom is 0.142 e. The summed E-state index contributed by atoms with van der Waals surface area (Å²) < 4.78 is 8.78. The van der Waals surface area contributed by atoms with Crippen molar-refractivity contribution < 1.29 is 4.74 Å². The molecule has 2 heterocycles. The largest absolute Gasteiger partial charge is 0.497 e. The van der Waals surface area contributed by atoms with E-state index >= 15 is 0 Å². The van der Waals surface area contributed by atoms with Crippen LogP contribution in [-0.2, 0) is 25.9 Å². The Morgan fingerprint density at radius 2 is 1.70 bits per heavy atom. The second-order valence-corrected chi connectivity index (χ2v) is 9.58. The molecule has 1 aliphatic heterocycles. The molecule has 1 atom stereocenters. The Hall–Kier alpha value is -2.11. The molecular weight excluding hydrogens is 474 g/mol. The van der Waals surface area contributed by atoms with Crippen LogP contribution >= 0.6 is 15.9 Å². The zero-order valence-electron chi connectivity index (χ0n) is 20.4. The first kappa shape index (κ1) is 24.0. The van der Waals surface area contributed by atoms with Gasteiger partial charge >= 0.3 is 0 Å². The lowest BCUT2D eigenvalue weighted by Gasteiger charge is -2.36. The third-order valence-electron chi connectivity index (χ3n) is 7.03.